The summed E-state index contributed by atoms with van der Waals surface area (Å²) in [6.07, 6.45) is 9.40. The average molecular weight is 786 g/mol. The summed E-state index contributed by atoms with van der Waals surface area (Å²) in [5.41, 5.74) is 4.47. The normalized spacial score (nSPS) is 18.5. The van der Waals surface area contributed by atoms with Crippen LogP contribution >= 0.6 is 0 Å². The lowest BCUT2D eigenvalue weighted by molar-refractivity contribution is -0.137. The summed E-state index contributed by atoms with van der Waals surface area (Å²) in [6, 6.07) is 11.8. The Labute approximate surface area is 334 Å². The van der Waals surface area contributed by atoms with E-state index in [9.17, 15) is 29.2 Å². The predicted octanol–water partition coefficient (Wildman–Crippen LogP) is 4.41. The van der Waals surface area contributed by atoms with E-state index in [0.717, 1.165) is 49.3 Å². The Morgan fingerprint density at radius 3 is 2.66 bits per heavy atom. The number of hydrogen-bond acceptors (Lipinski definition) is 12. The minimum Gasteiger partial charge on any atom is -0.495 e. The molecule has 4 aromatic rings. The number of piperidine rings is 1. The molecule has 5 amide bonds. The molecular weight excluding hydrogens is 743 g/mol. The van der Waals surface area contributed by atoms with E-state index in [0.29, 0.717) is 51.9 Å². The second-order valence-electron chi connectivity index (χ2n) is 14.8. The molecular formula is C41H43N11O6. The number of benzene rings is 2. The lowest BCUT2D eigenvalue weighted by Crippen LogP contribution is -2.52. The molecule has 1 saturated carbocycles. The molecule has 298 valence electrons. The monoisotopic (exact) mass is 785 g/mol. The Bertz CT molecular complexity index is 2360. The number of carbonyl (C=O) groups excluding carboxylic acids is 5. The summed E-state index contributed by atoms with van der Waals surface area (Å²) in [6.45, 7) is 2.48. The fourth-order valence-electron chi connectivity index (χ4n) is 8.54. The highest BCUT2D eigenvalue weighted by Crippen LogP contribution is 2.45. The summed E-state index contributed by atoms with van der Waals surface area (Å²) in [7, 11) is 1.51. The van der Waals surface area contributed by atoms with Gasteiger partial charge in [0.15, 0.2) is 11.5 Å². The van der Waals surface area contributed by atoms with Crippen molar-refractivity contribution in [3.8, 4) is 17.5 Å². The van der Waals surface area contributed by atoms with E-state index in [1.165, 1.54) is 12.0 Å². The van der Waals surface area contributed by atoms with E-state index in [-0.39, 0.29) is 68.1 Å². The van der Waals surface area contributed by atoms with Crippen LogP contribution in [0.25, 0.3) is 5.69 Å². The number of anilines is 4. The lowest BCUT2D eigenvalue weighted by Gasteiger charge is -2.41. The molecule has 1 unspecified atom stereocenters. The third-order valence-electron chi connectivity index (χ3n) is 11.4. The molecule has 4 N–H and O–H groups in total. The Morgan fingerprint density at radius 1 is 1.07 bits per heavy atom. The molecule has 0 radical (unpaired) electrons. The van der Waals surface area contributed by atoms with Crippen LogP contribution in [0.5, 0.6) is 5.75 Å². The van der Waals surface area contributed by atoms with E-state index in [2.05, 4.69) is 49.1 Å². The van der Waals surface area contributed by atoms with Crippen LogP contribution in [-0.2, 0) is 20.9 Å². The quantitative estimate of drug-likeness (QED) is 0.116. The van der Waals surface area contributed by atoms with E-state index in [1.807, 2.05) is 4.57 Å². The van der Waals surface area contributed by atoms with E-state index in [1.54, 1.807) is 48.9 Å². The van der Waals surface area contributed by atoms with Crippen molar-refractivity contribution in [3.05, 3.63) is 77.0 Å². The summed E-state index contributed by atoms with van der Waals surface area (Å²) in [5.74, 6) is -0.271. The smallest absolute Gasteiger partial charge is 0.255 e. The third-order valence-corrected chi connectivity index (χ3v) is 11.4. The molecule has 3 aliphatic heterocycles. The fraction of sp³-hybridized carbons (Fsp3) is 0.390. The molecule has 8 rings (SSSR count). The maximum absolute atomic E-state index is 13.2. The summed E-state index contributed by atoms with van der Waals surface area (Å²) in [4.78, 5) is 81.1. The molecule has 2 atom stereocenters. The first kappa shape index (κ1) is 38.1. The number of carbonyl (C=O) groups is 5. The number of fused-ring (bicyclic) bond motifs is 4. The van der Waals surface area contributed by atoms with Gasteiger partial charge in [-0.15, -0.1) is 0 Å². The topological polar surface area (TPSA) is 217 Å². The van der Waals surface area contributed by atoms with Crippen LogP contribution in [0.4, 0.5) is 23.1 Å². The molecule has 17 heteroatoms. The van der Waals surface area contributed by atoms with Gasteiger partial charge in [0, 0.05) is 54.4 Å². The minimum absolute atomic E-state index is 0.0614. The van der Waals surface area contributed by atoms with Crippen molar-refractivity contribution in [1.29, 1.82) is 5.26 Å². The van der Waals surface area contributed by atoms with E-state index >= 15 is 0 Å². The molecule has 17 nitrogen and oxygen atoms in total. The highest BCUT2D eigenvalue weighted by atomic mass is 16.5. The molecule has 1 saturated heterocycles. The van der Waals surface area contributed by atoms with Crippen LogP contribution in [-0.4, -0.2) is 79.7 Å². The number of imide groups is 1. The van der Waals surface area contributed by atoms with Gasteiger partial charge >= 0.3 is 0 Å². The van der Waals surface area contributed by atoms with Gasteiger partial charge in [0.1, 0.15) is 29.9 Å². The van der Waals surface area contributed by atoms with Gasteiger partial charge in [0.25, 0.3) is 11.8 Å². The van der Waals surface area contributed by atoms with E-state index < -0.39 is 11.9 Å². The lowest BCUT2D eigenvalue weighted by atomic mass is 10.0. The molecule has 2 aromatic carbocycles. The standard InChI is InChI=1S/C41H43N11O6/c1-3-30-36-29(19-42)45-22-51(36)32-20-44-41(49-37(32)52(30)24-8-4-5-9-24)47-28-14-13-23(18-33(28)58-2)38(55)43-17-7-12-34(53)46-27-11-6-10-25-26(27)21-50(40(25)57)31-15-16-35(54)48-39(31)56/h6,10-11,13-14,18,20,22,24,30-31H,3-5,7-9,12,15-17,21H2,1-2H3,(H,43,55)(H,46,53)(H,44,47,49)(H,48,54,56)/t30-,31?/m1/s1. The average Bonchev–Trinajstić information content (AvgIpc) is 3.99. The number of imidazole rings is 1. The summed E-state index contributed by atoms with van der Waals surface area (Å²) in [5, 5.41) is 21.1. The Hall–Kier alpha value is -6.83. The molecule has 58 heavy (non-hydrogen) atoms. The Kier molecular flexibility index (Phi) is 10.5. The number of methoxy groups -OCH3 is 1. The number of nitrogens with one attached hydrogen (secondary N) is 4. The minimum atomic E-state index is -0.754. The maximum atomic E-state index is 13.2. The third kappa shape index (κ3) is 7.05. The van der Waals surface area contributed by atoms with Crippen molar-refractivity contribution in [3.63, 3.8) is 0 Å². The number of hydrogen-bond donors (Lipinski definition) is 4. The molecule has 2 aromatic heterocycles. The zero-order chi connectivity index (χ0) is 40.5. The van der Waals surface area contributed by atoms with Gasteiger partial charge in [-0.2, -0.15) is 10.2 Å². The largest absolute Gasteiger partial charge is 0.495 e. The van der Waals surface area contributed by atoms with Crippen molar-refractivity contribution in [2.45, 2.75) is 89.4 Å². The first-order valence-electron chi connectivity index (χ1n) is 19.6. The Morgan fingerprint density at radius 2 is 1.90 bits per heavy atom. The summed E-state index contributed by atoms with van der Waals surface area (Å²) >= 11 is 0. The van der Waals surface area contributed by atoms with Gasteiger partial charge in [-0.25, -0.2) is 9.97 Å². The first-order chi connectivity index (χ1) is 28.2. The molecule has 0 spiro atoms. The van der Waals surface area contributed by atoms with Gasteiger partial charge in [-0.1, -0.05) is 25.8 Å². The van der Waals surface area contributed by atoms with Crippen molar-refractivity contribution in [1.82, 2.24) is 35.1 Å². The highest BCUT2D eigenvalue weighted by molar-refractivity contribution is 6.07. The zero-order valence-corrected chi connectivity index (χ0v) is 32.2. The predicted molar refractivity (Wildman–Crippen MR) is 211 cm³/mol. The SMILES string of the molecule is CC[C@@H]1c2c(C#N)ncn2-c2cnc(Nc3ccc(C(=O)NCCCC(=O)Nc4cccc5c4CN(C4CCC(=O)NC4=O)C5=O)cc3OC)nc2N1C1CCCC1. The van der Waals surface area contributed by atoms with Gasteiger partial charge in [-0.3, -0.25) is 33.9 Å². The first-order valence-corrected chi connectivity index (χ1v) is 19.6. The number of nitriles is 1. The van der Waals surface area contributed by atoms with Crippen LogP contribution in [0.3, 0.4) is 0 Å². The number of aromatic nitrogens is 4. The maximum Gasteiger partial charge on any atom is 0.255 e. The van der Waals surface area contributed by atoms with Gasteiger partial charge < -0.3 is 30.5 Å². The van der Waals surface area contributed by atoms with Crippen molar-refractivity contribution < 1.29 is 28.7 Å². The Balaban J connectivity index is 0.884. The zero-order valence-electron chi connectivity index (χ0n) is 32.2. The molecule has 1 aliphatic carbocycles. The van der Waals surface area contributed by atoms with Crippen molar-refractivity contribution >= 4 is 52.7 Å². The van der Waals surface area contributed by atoms with Crippen molar-refractivity contribution in [2.75, 3.05) is 29.2 Å². The van der Waals surface area contributed by atoms with Crippen LogP contribution in [0, 0.1) is 11.3 Å². The van der Waals surface area contributed by atoms with Crippen molar-refractivity contribution in [2.24, 2.45) is 0 Å². The number of ether oxygens (including phenoxy) is 1. The number of amides is 5. The summed E-state index contributed by atoms with van der Waals surface area (Å²) < 4.78 is 7.59. The fourth-order valence-corrected chi connectivity index (χ4v) is 8.54. The number of nitrogens with zero attached hydrogens (tertiary/aromatic N) is 7. The van der Waals surface area contributed by atoms with E-state index in [4.69, 9.17) is 9.72 Å². The molecule has 2 fully saturated rings. The molecule has 0 bridgehead atoms. The second kappa shape index (κ2) is 16.0. The molecule has 5 heterocycles. The van der Waals surface area contributed by atoms with Crippen LogP contribution in [0.1, 0.15) is 108 Å². The molecule has 4 aliphatic rings. The van der Waals surface area contributed by atoms with Crippen LogP contribution in [0.15, 0.2) is 48.9 Å². The van der Waals surface area contributed by atoms with Crippen LogP contribution in [0.2, 0.25) is 0 Å². The highest BCUT2D eigenvalue weighted by Gasteiger charge is 2.41. The van der Waals surface area contributed by atoms with Gasteiger partial charge in [-0.05, 0) is 62.4 Å². The van der Waals surface area contributed by atoms with Gasteiger partial charge in [0.05, 0.1) is 30.7 Å². The second-order valence-corrected chi connectivity index (χ2v) is 14.8. The van der Waals surface area contributed by atoms with Crippen LogP contribution < -0.4 is 30.9 Å². The number of rotatable bonds is 12. The van der Waals surface area contributed by atoms with Gasteiger partial charge in [0.2, 0.25) is 23.7 Å².